The Bertz CT molecular complexity index is 626. The molecule has 2 heteroatoms. The van der Waals surface area contributed by atoms with Gasteiger partial charge in [-0.05, 0) is 12.1 Å². The molecule has 2 aromatic carbocycles. The van der Waals surface area contributed by atoms with Crippen LogP contribution in [-0.4, -0.2) is 0 Å². The molecule has 0 saturated heterocycles. The second kappa shape index (κ2) is 4.34. The van der Waals surface area contributed by atoms with Gasteiger partial charge in [-0.2, -0.15) is 0 Å². The van der Waals surface area contributed by atoms with E-state index in [9.17, 15) is 0 Å². The van der Waals surface area contributed by atoms with Gasteiger partial charge in [-0.1, -0.05) is 49.9 Å². The normalized spacial score (nSPS) is 10.1. The number of rotatable bonds is 1. The van der Waals surface area contributed by atoms with Crippen LogP contribution in [0, 0.1) is 0 Å². The van der Waals surface area contributed by atoms with Crippen LogP contribution in [0.2, 0.25) is 0 Å². The standard InChI is InChI=1S/C14H11NO.CH4/c15-13-11-8-4-5-9-12(11)16-14(13)10-6-2-1-3-7-10;/h1-9H,15H2;1H4. The Kier molecular flexibility index (Phi) is 2.88. The zero-order valence-electron chi connectivity index (χ0n) is 8.68. The first-order valence-corrected chi connectivity index (χ1v) is 5.18. The number of nitrogen functional groups attached to an aromatic ring is 1. The lowest BCUT2D eigenvalue weighted by atomic mass is 10.1. The van der Waals surface area contributed by atoms with Gasteiger partial charge >= 0.3 is 0 Å². The van der Waals surface area contributed by atoms with E-state index in [0.29, 0.717) is 5.69 Å². The molecule has 0 amide bonds. The zero-order valence-corrected chi connectivity index (χ0v) is 8.68. The topological polar surface area (TPSA) is 39.2 Å². The number of nitrogens with two attached hydrogens (primary N) is 1. The van der Waals surface area contributed by atoms with E-state index in [0.717, 1.165) is 22.3 Å². The molecule has 2 nitrogen and oxygen atoms in total. The second-order valence-corrected chi connectivity index (χ2v) is 3.71. The van der Waals surface area contributed by atoms with Crippen molar-refractivity contribution in [2.45, 2.75) is 7.43 Å². The number of benzene rings is 2. The molecule has 0 saturated carbocycles. The zero-order chi connectivity index (χ0) is 11.0. The summed E-state index contributed by atoms with van der Waals surface area (Å²) in [7, 11) is 0. The number of fused-ring (bicyclic) bond motifs is 1. The number of hydrogen-bond acceptors (Lipinski definition) is 2. The van der Waals surface area contributed by atoms with Crippen molar-refractivity contribution in [3.8, 4) is 11.3 Å². The van der Waals surface area contributed by atoms with Gasteiger partial charge in [-0.25, -0.2) is 0 Å². The summed E-state index contributed by atoms with van der Waals surface area (Å²) in [5.74, 6) is 0.752. The van der Waals surface area contributed by atoms with Crippen LogP contribution in [0.5, 0.6) is 0 Å². The minimum atomic E-state index is 0. The van der Waals surface area contributed by atoms with Gasteiger partial charge in [0.2, 0.25) is 0 Å². The van der Waals surface area contributed by atoms with E-state index >= 15 is 0 Å². The fraction of sp³-hybridized carbons (Fsp3) is 0.0667. The molecule has 0 spiro atoms. The van der Waals surface area contributed by atoms with Crippen molar-refractivity contribution in [3.05, 3.63) is 54.6 Å². The first kappa shape index (κ1) is 11.3. The molecule has 0 fully saturated rings. The van der Waals surface area contributed by atoms with Crippen LogP contribution < -0.4 is 5.73 Å². The van der Waals surface area contributed by atoms with Crippen LogP contribution >= 0.6 is 0 Å². The highest BCUT2D eigenvalue weighted by Crippen LogP contribution is 2.35. The highest BCUT2D eigenvalue weighted by atomic mass is 16.3. The molecular weight excluding hydrogens is 210 g/mol. The third-order valence-corrected chi connectivity index (χ3v) is 2.67. The Morgan fingerprint density at radius 2 is 1.47 bits per heavy atom. The molecule has 0 unspecified atom stereocenters. The number of hydrogen-bond donors (Lipinski definition) is 1. The van der Waals surface area contributed by atoms with Gasteiger partial charge in [0, 0.05) is 10.9 Å². The van der Waals surface area contributed by atoms with Crippen molar-refractivity contribution < 1.29 is 4.42 Å². The third kappa shape index (κ3) is 1.78. The maximum absolute atomic E-state index is 6.08. The SMILES string of the molecule is C.Nc1c(-c2ccccc2)oc2ccccc12. The predicted molar refractivity (Wildman–Crippen MR) is 72.8 cm³/mol. The maximum Gasteiger partial charge on any atom is 0.158 e. The molecule has 0 aliphatic heterocycles. The first-order chi connectivity index (χ1) is 7.86. The van der Waals surface area contributed by atoms with Crippen molar-refractivity contribution in [3.63, 3.8) is 0 Å². The van der Waals surface area contributed by atoms with Gasteiger partial charge in [0.15, 0.2) is 5.76 Å². The minimum Gasteiger partial charge on any atom is -0.454 e. The Labute approximate surface area is 101 Å². The largest absolute Gasteiger partial charge is 0.454 e. The molecule has 86 valence electrons. The molecule has 0 radical (unpaired) electrons. The van der Waals surface area contributed by atoms with Crippen molar-refractivity contribution in [2.24, 2.45) is 0 Å². The van der Waals surface area contributed by atoms with E-state index in [1.165, 1.54) is 0 Å². The summed E-state index contributed by atoms with van der Waals surface area (Å²) in [6, 6.07) is 17.7. The minimum absolute atomic E-state index is 0. The predicted octanol–water partition coefficient (Wildman–Crippen LogP) is 4.32. The van der Waals surface area contributed by atoms with Crippen LogP contribution in [0.1, 0.15) is 7.43 Å². The lowest BCUT2D eigenvalue weighted by Gasteiger charge is -1.96. The number of para-hydroxylation sites is 1. The molecule has 0 aliphatic rings. The molecule has 0 bridgehead atoms. The van der Waals surface area contributed by atoms with E-state index < -0.39 is 0 Å². The Balaban J connectivity index is 0.00000108. The van der Waals surface area contributed by atoms with Crippen molar-refractivity contribution in [1.29, 1.82) is 0 Å². The van der Waals surface area contributed by atoms with Crippen LogP contribution in [0.25, 0.3) is 22.3 Å². The van der Waals surface area contributed by atoms with Crippen LogP contribution in [0.4, 0.5) is 5.69 Å². The van der Waals surface area contributed by atoms with Crippen LogP contribution in [0.3, 0.4) is 0 Å². The molecule has 0 aliphatic carbocycles. The summed E-state index contributed by atoms with van der Waals surface area (Å²) in [5, 5.41) is 0.973. The smallest absolute Gasteiger partial charge is 0.158 e. The number of anilines is 1. The molecule has 3 rings (SSSR count). The molecule has 2 N–H and O–H groups in total. The summed E-state index contributed by atoms with van der Waals surface area (Å²) >= 11 is 0. The highest BCUT2D eigenvalue weighted by molar-refractivity contribution is 5.97. The van der Waals surface area contributed by atoms with Gasteiger partial charge in [0.25, 0.3) is 0 Å². The average Bonchev–Trinajstić information content (AvgIpc) is 2.69. The Morgan fingerprint density at radius 1 is 0.824 bits per heavy atom. The summed E-state index contributed by atoms with van der Waals surface area (Å²) in [4.78, 5) is 0. The molecule has 1 aromatic heterocycles. The van der Waals surface area contributed by atoms with Gasteiger partial charge < -0.3 is 10.2 Å². The Hall–Kier alpha value is -2.22. The van der Waals surface area contributed by atoms with E-state index in [4.69, 9.17) is 10.2 Å². The Morgan fingerprint density at radius 3 is 2.18 bits per heavy atom. The van der Waals surface area contributed by atoms with Crippen molar-refractivity contribution >= 4 is 16.7 Å². The quantitative estimate of drug-likeness (QED) is 0.670. The monoisotopic (exact) mass is 225 g/mol. The summed E-state index contributed by atoms with van der Waals surface area (Å²) in [5.41, 5.74) is 8.63. The maximum atomic E-state index is 6.08. The summed E-state index contributed by atoms with van der Waals surface area (Å²) < 4.78 is 5.76. The number of furan rings is 1. The van der Waals surface area contributed by atoms with Gasteiger partial charge in [0.1, 0.15) is 5.58 Å². The van der Waals surface area contributed by atoms with E-state index in [2.05, 4.69) is 0 Å². The average molecular weight is 225 g/mol. The fourth-order valence-corrected chi connectivity index (χ4v) is 1.87. The first-order valence-electron chi connectivity index (χ1n) is 5.18. The van der Waals surface area contributed by atoms with Crippen molar-refractivity contribution in [1.82, 2.24) is 0 Å². The van der Waals surface area contributed by atoms with Gasteiger partial charge in [0.05, 0.1) is 5.69 Å². The molecular formula is C15H15NO. The van der Waals surface area contributed by atoms with E-state index in [-0.39, 0.29) is 7.43 Å². The van der Waals surface area contributed by atoms with Crippen LogP contribution in [0.15, 0.2) is 59.0 Å². The molecule has 17 heavy (non-hydrogen) atoms. The summed E-state index contributed by atoms with van der Waals surface area (Å²) in [6.07, 6.45) is 0. The van der Waals surface area contributed by atoms with E-state index in [1.54, 1.807) is 0 Å². The van der Waals surface area contributed by atoms with Crippen LogP contribution in [-0.2, 0) is 0 Å². The van der Waals surface area contributed by atoms with Gasteiger partial charge in [-0.15, -0.1) is 0 Å². The molecule has 1 heterocycles. The van der Waals surface area contributed by atoms with Gasteiger partial charge in [-0.3, -0.25) is 0 Å². The third-order valence-electron chi connectivity index (χ3n) is 2.67. The highest BCUT2D eigenvalue weighted by Gasteiger charge is 2.11. The molecule has 3 aromatic rings. The lowest BCUT2D eigenvalue weighted by Crippen LogP contribution is -1.85. The second-order valence-electron chi connectivity index (χ2n) is 3.71. The molecule has 0 atom stereocenters. The summed E-state index contributed by atoms with van der Waals surface area (Å²) in [6.45, 7) is 0. The lowest BCUT2D eigenvalue weighted by molar-refractivity contribution is 0.633. The fourth-order valence-electron chi connectivity index (χ4n) is 1.87. The van der Waals surface area contributed by atoms with Crippen molar-refractivity contribution in [2.75, 3.05) is 5.73 Å². The van der Waals surface area contributed by atoms with E-state index in [1.807, 2.05) is 54.6 Å².